The fraction of sp³-hybridized carbons (Fsp3) is 0.417. The van der Waals surface area contributed by atoms with Crippen molar-refractivity contribution in [1.29, 1.82) is 0 Å². The maximum Gasteiger partial charge on any atom is 0.314 e. The summed E-state index contributed by atoms with van der Waals surface area (Å²) in [6, 6.07) is 7.21. The van der Waals surface area contributed by atoms with Gasteiger partial charge in [0, 0.05) is 5.02 Å². The van der Waals surface area contributed by atoms with Crippen molar-refractivity contribution in [2.24, 2.45) is 5.92 Å². The van der Waals surface area contributed by atoms with Crippen LogP contribution in [0, 0.1) is 5.92 Å². The fourth-order valence-corrected chi connectivity index (χ4v) is 2.52. The van der Waals surface area contributed by atoms with Crippen LogP contribution >= 0.6 is 11.6 Å². The van der Waals surface area contributed by atoms with Gasteiger partial charge in [0.1, 0.15) is 0 Å². The lowest BCUT2D eigenvalue weighted by Crippen LogP contribution is -2.22. The van der Waals surface area contributed by atoms with Gasteiger partial charge in [0.2, 0.25) is 0 Å². The van der Waals surface area contributed by atoms with Gasteiger partial charge in [0.25, 0.3) is 0 Å². The van der Waals surface area contributed by atoms with Crippen LogP contribution in [-0.2, 0) is 10.2 Å². The van der Waals surface area contributed by atoms with Crippen molar-refractivity contribution in [2.75, 3.05) is 0 Å². The Balaban J connectivity index is 2.40. The molecule has 2 nitrogen and oxygen atoms in total. The van der Waals surface area contributed by atoms with Crippen LogP contribution in [0.4, 0.5) is 0 Å². The van der Waals surface area contributed by atoms with Crippen molar-refractivity contribution in [3.8, 4) is 0 Å². The number of rotatable bonds is 3. The molecule has 0 bridgehead atoms. The Morgan fingerprint density at radius 2 is 2.40 bits per heavy atom. The van der Waals surface area contributed by atoms with Crippen molar-refractivity contribution >= 4 is 17.6 Å². The van der Waals surface area contributed by atoms with E-state index in [2.05, 4.69) is 0 Å². The van der Waals surface area contributed by atoms with E-state index in [0.717, 1.165) is 18.4 Å². The zero-order valence-electron chi connectivity index (χ0n) is 8.53. The number of benzene rings is 1. The van der Waals surface area contributed by atoms with Crippen LogP contribution in [0.3, 0.4) is 0 Å². The molecule has 0 aromatic heterocycles. The average molecular weight is 225 g/mol. The number of hydrogen-bond acceptors (Lipinski definition) is 1. The van der Waals surface area contributed by atoms with E-state index in [1.54, 1.807) is 12.1 Å². The van der Waals surface area contributed by atoms with Crippen molar-refractivity contribution < 1.29 is 9.90 Å². The van der Waals surface area contributed by atoms with Crippen LogP contribution in [0.15, 0.2) is 24.3 Å². The Hall–Kier alpha value is -1.02. The van der Waals surface area contributed by atoms with Crippen LogP contribution < -0.4 is 0 Å². The summed E-state index contributed by atoms with van der Waals surface area (Å²) >= 11 is 5.88. The Morgan fingerprint density at radius 1 is 1.67 bits per heavy atom. The second-order valence-electron chi connectivity index (χ2n) is 4.10. The summed E-state index contributed by atoms with van der Waals surface area (Å²) in [4.78, 5) is 11.3. The summed E-state index contributed by atoms with van der Waals surface area (Å²) < 4.78 is 0. The highest BCUT2D eigenvalue weighted by Crippen LogP contribution is 2.56. The number of carbonyl (C=O) groups is 1. The fourth-order valence-electron chi connectivity index (χ4n) is 2.33. The molecule has 1 aromatic rings. The standard InChI is InChI=1S/C12H13ClO2/c1-2-8-7-12(8,11(14)15)9-4-3-5-10(13)6-9/h3-6,8H,2,7H2,1H3,(H,14,15). The van der Waals surface area contributed by atoms with E-state index < -0.39 is 11.4 Å². The first-order chi connectivity index (χ1) is 7.11. The molecule has 0 radical (unpaired) electrons. The van der Waals surface area contributed by atoms with Gasteiger partial charge in [-0.1, -0.05) is 37.1 Å². The lowest BCUT2D eigenvalue weighted by molar-refractivity contribution is -0.140. The number of hydrogen-bond donors (Lipinski definition) is 1. The third kappa shape index (κ3) is 1.53. The normalized spacial score (nSPS) is 28.8. The number of carboxylic acids is 1. The molecule has 0 amide bonds. The minimum absolute atomic E-state index is 0.258. The summed E-state index contributed by atoms with van der Waals surface area (Å²) in [6.45, 7) is 2.03. The second-order valence-corrected chi connectivity index (χ2v) is 4.53. The molecule has 0 spiro atoms. The zero-order chi connectivity index (χ0) is 11.1. The quantitative estimate of drug-likeness (QED) is 0.857. The lowest BCUT2D eigenvalue weighted by atomic mass is 9.92. The minimum Gasteiger partial charge on any atom is -0.481 e. The molecule has 1 fully saturated rings. The summed E-state index contributed by atoms with van der Waals surface area (Å²) in [5.74, 6) is -0.468. The molecule has 0 saturated heterocycles. The van der Waals surface area contributed by atoms with E-state index in [4.69, 9.17) is 11.6 Å². The molecule has 2 unspecified atom stereocenters. The highest BCUT2D eigenvalue weighted by molar-refractivity contribution is 6.30. The zero-order valence-corrected chi connectivity index (χ0v) is 9.29. The molecular formula is C12H13ClO2. The van der Waals surface area contributed by atoms with Crippen LogP contribution in [0.5, 0.6) is 0 Å². The minimum atomic E-state index is -0.725. The molecule has 1 N–H and O–H groups in total. The maximum atomic E-state index is 11.3. The Bertz CT molecular complexity index is 402. The summed E-state index contributed by atoms with van der Waals surface area (Å²) in [7, 11) is 0. The second kappa shape index (κ2) is 3.53. The summed E-state index contributed by atoms with van der Waals surface area (Å²) in [5, 5.41) is 9.91. The van der Waals surface area contributed by atoms with E-state index >= 15 is 0 Å². The van der Waals surface area contributed by atoms with Crippen LogP contribution in [0.2, 0.25) is 5.02 Å². The monoisotopic (exact) mass is 224 g/mol. The smallest absolute Gasteiger partial charge is 0.314 e. The lowest BCUT2D eigenvalue weighted by Gasteiger charge is -2.12. The van der Waals surface area contributed by atoms with E-state index in [-0.39, 0.29) is 5.92 Å². The van der Waals surface area contributed by atoms with Crippen molar-refractivity contribution in [3.05, 3.63) is 34.9 Å². The molecule has 1 aliphatic rings. The first kappa shape index (κ1) is 10.5. The Kier molecular flexibility index (Phi) is 2.47. The number of carboxylic acid groups (broad SMARTS) is 1. The predicted molar refractivity (Wildman–Crippen MR) is 59.2 cm³/mol. The third-order valence-corrected chi connectivity index (χ3v) is 3.55. The molecule has 0 aliphatic heterocycles. The van der Waals surface area contributed by atoms with Gasteiger partial charge in [-0.05, 0) is 30.0 Å². The van der Waals surface area contributed by atoms with Gasteiger partial charge in [-0.3, -0.25) is 4.79 Å². The van der Waals surface area contributed by atoms with Gasteiger partial charge >= 0.3 is 5.97 Å². The van der Waals surface area contributed by atoms with Gasteiger partial charge in [-0.15, -0.1) is 0 Å². The van der Waals surface area contributed by atoms with Crippen LogP contribution in [-0.4, -0.2) is 11.1 Å². The van der Waals surface area contributed by atoms with E-state index in [9.17, 15) is 9.90 Å². The highest BCUT2D eigenvalue weighted by Gasteiger charge is 2.60. The molecule has 2 rings (SSSR count). The molecule has 1 aromatic carbocycles. The predicted octanol–water partition coefficient (Wildman–Crippen LogP) is 3.09. The maximum absolute atomic E-state index is 11.3. The van der Waals surface area contributed by atoms with Gasteiger partial charge < -0.3 is 5.11 Å². The number of halogens is 1. The van der Waals surface area contributed by atoms with Crippen LogP contribution in [0.1, 0.15) is 25.3 Å². The van der Waals surface area contributed by atoms with Gasteiger partial charge in [-0.2, -0.15) is 0 Å². The molecule has 1 saturated carbocycles. The van der Waals surface area contributed by atoms with Crippen molar-refractivity contribution in [1.82, 2.24) is 0 Å². The highest BCUT2D eigenvalue weighted by atomic mass is 35.5. The summed E-state index contributed by atoms with van der Waals surface area (Å²) in [5.41, 5.74) is 0.175. The SMILES string of the molecule is CCC1CC1(C(=O)O)c1cccc(Cl)c1. The van der Waals surface area contributed by atoms with Crippen molar-refractivity contribution in [3.63, 3.8) is 0 Å². The first-order valence-electron chi connectivity index (χ1n) is 5.10. The molecule has 80 valence electrons. The molecular weight excluding hydrogens is 212 g/mol. The van der Waals surface area contributed by atoms with E-state index in [1.165, 1.54) is 0 Å². The molecule has 3 heteroatoms. The van der Waals surface area contributed by atoms with E-state index in [1.807, 2.05) is 19.1 Å². The first-order valence-corrected chi connectivity index (χ1v) is 5.48. The summed E-state index contributed by atoms with van der Waals surface area (Å²) in [6.07, 6.45) is 1.64. The molecule has 15 heavy (non-hydrogen) atoms. The third-order valence-electron chi connectivity index (χ3n) is 3.32. The molecule has 2 atom stereocenters. The van der Waals surface area contributed by atoms with Gasteiger partial charge in [0.05, 0.1) is 5.41 Å². The van der Waals surface area contributed by atoms with Gasteiger partial charge in [0.15, 0.2) is 0 Å². The Labute approximate surface area is 93.9 Å². The van der Waals surface area contributed by atoms with E-state index in [0.29, 0.717) is 5.02 Å². The molecule has 0 heterocycles. The topological polar surface area (TPSA) is 37.3 Å². The van der Waals surface area contributed by atoms with Gasteiger partial charge in [-0.25, -0.2) is 0 Å². The number of aliphatic carboxylic acids is 1. The molecule has 1 aliphatic carbocycles. The average Bonchev–Trinajstić information content (AvgIpc) is 2.93. The van der Waals surface area contributed by atoms with Crippen LogP contribution in [0.25, 0.3) is 0 Å². The largest absolute Gasteiger partial charge is 0.481 e. The Morgan fingerprint density at radius 3 is 2.87 bits per heavy atom. The van der Waals surface area contributed by atoms with Crippen molar-refractivity contribution in [2.45, 2.75) is 25.2 Å².